The van der Waals surface area contributed by atoms with E-state index in [4.69, 9.17) is 0 Å². The van der Waals surface area contributed by atoms with Gasteiger partial charge in [0.15, 0.2) is 0 Å². The van der Waals surface area contributed by atoms with Crippen molar-refractivity contribution in [2.75, 3.05) is 0 Å². The van der Waals surface area contributed by atoms with E-state index in [1.807, 2.05) is 20.0 Å². The maximum Gasteiger partial charge on any atom is 0.243 e. The van der Waals surface area contributed by atoms with Crippen LogP contribution in [0.25, 0.3) is 0 Å². The maximum absolute atomic E-state index is 12.3. The second-order valence-corrected chi connectivity index (χ2v) is 5.66. The summed E-state index contributed by atoms with van der Waals surface area (Å²) >= 11 is 0. The summed E-state index contributed by atoms with van der Waals surface area (Å²) in [5, 5.41) is 5.75. The highest BCUT2D eigenvalue weighted by Gasteiger charge is 2.27. The van der Waals surface area contributed by atoms with Crippen LogP contribution in [0.4, 0.5) is 0 Å². The fourth-order valence-corrected chi connectivity index (χ4v) is 2.53. The molecule has 2 N–H and O–H groups in total. The van der Waals surface area contributed by atoms with Crippen molar-refractivity contribution in [2.45, 2.75) is 52.2 Å². The molecule has 0 saturated heterocycles. The monoisotopic (exact) mass is 278 g/mol. The Morgan fingerprint density at radius 1 is 1.45 bits per heavy atom. The summed E-state index contributed by atoms with van der Waals surface area (Å²) in [6.45, 7) is 6.02. The smallest absolute Gasteiger partial charge is 0.243 e. The third-order valence-corrected chi connectivity index (χ3v) is 3.59. The number of hydrogen-bond donors (Lipinski definition) is 2. The van der Waals surface area contributed by atoms with E-state index in [1.54, 1.807) is 6.20 Å². The molecule has 0 fully saturated rings. The molecule has 6 heteroatoms. The van der Waals surface area contributed by atoms with Crippen LogP contribution in [-0.2, 0) is 22.6 Å². The van der Waals surface area contributed by atoms with Gasteiger partial charge in [-0.2, -0.15) is 0 Å². The Labute approximate surface area is 119 Å². The van der Waals surface area contributed by atoms with E-state index >= 15 is 0 Å². The van der Waals surface area contributed by atoms with Crippen molar-refractivity contribution in [3.05, 3.63) is 18.2 Å². The highest BCUT2D eigenvalue weighted by molar-refractivity contribution is 5.87. The molecular weight excluding hydrogens is 256 g/mol. The molecule has 0 radical (unpaired) electrons. The summed E-state index contributed by atoms with van der Waals surface area (Å²) in [5.74, 6) is 0.840. The van der Waals surface area contributed by atoms with Crippen LogP contribution in [0.2, 0.25) is 0 Å². The van der Waals surface area contributed by atoms with E-state index in [1.165, 1.54) is 6.92 Å². The average Bonchev–Trinajstić information content (AvgIpc) is 2.82. The number of aryl methyl sites for hydroxylation is 1. The van der Waals surface area contributed by atoms with E-state index in [2.05, 4.69) is 20.2 Å². The summed E-state index contributed by atoms with van der Waals surface area (Å²) < 4.78 is 2.07. The molecule has 1 aliphatic rings. The van der Waals surface area contributed by atoms with Gasteiger partial charge in [0.05, 0.1) is 0 Å². The van der Waals surface area contributed by atoms with Gasteiger partial charge < -0.3 is 15.2 Å². The Balaban J connectivity index is 1.95. The molecule has 6 nitrogen and oxygen atoms in total. The number of imidazole rings is 1. The molecule has 20 heavy (non-hydrogen) atoms. The zero-order valence-corrected chi connectivity index (χ0v) is 12.2. The normalized spacial score (nSPS) is 19.3. The predicted octanol–water partition coefficient (Wildman–Crippen LogP) is 0.475. The van der Waals surface area contributed by atoms with Gasteiger partial charge >= 0.3 is 0 Å². The van der Waals surface area contributed by atoms with E-state index < -0.39 is 6.04 Å². The zero-order chi connectivity index (χ0) is 14.7. The molecule has 1 aromatic rings. The number of hydrogen-bond acceptors (Lipinski definition) is 3. The van der Waals surface area contributed by atoms with Gasteiger partial charge in [-0.3, -0.25) is 9.59 Å². The van der Waals surface area contributed by atoms with Crippen molar-refractivity contribution >= 4 is 11.8 Å². The lowest BCUT2D eigenvalue weighted by atomic mass is 10.0. The van der Waals surface area contributed by atoms with Crippen LogP contribution < -0.4 is 10.6 Å². The summed E-state index contributed by atoms with van der Waals surface area (Å²) in [6, 6.07) is -0.379. The van der Waals surface area contributed by atoms with Gasteiger partial charge in [-0.25, -0.2) is 4.98 Å². The zero-order valence-electron chi connectivity index (χ0n) is 12.2. The molecule has 1 aromatic heterocycles. The third-order valence-electron chi connectivity index (χ3n) is 3.59. The fourth-order valence-electron chi connectivity index (χ4n) is 2.53. The van der Waals surface area contributed by atoms with Crippen molar-refractivity contribution in [1.82, 2.24) is 20.2 Å². The largest absolute Gasteiger partial charge is 0.350 e. The van der Waals surface area contributed by atoms with E-state index in [0.717, 1.165) is 25.2 Å². The van der Waals surface area contributed by atoms with E-state index in [0.29, 0.717) is 0 Å². The number of amides is 2. The van der Waals surface area contributed by atoms with Crippen molar-refractivity contribution in [3.63, 3.8) is 0 Å². The molecule has 0 aliphatic carbocycles. The number of carbonyl (C=O) groups is 2. The van der Waals surface area contributed by atoms with Gasteiger partial charge in [0, 0.05) is 38.3 Å². The second-order valence-electron chi connectivity index (χ2n) is 5.66. The first kappa shape index (κ1) is 14.6. The van der Waals surface area contributed by atoms with Gasteiger partial charge in [0.2, 0.25) is 11.8 Å². The van der Waals surface area contributed by atoms with Crippen LogP contribution in [0.3, 0.4) is 0 Å². The Kier molecular flexibility index (Phi) is 4.42. The van der Waals surface area contributed by atoms with Gasteiger partial charge in [0.1, 0.15) is 11.9 Å². The Morgan fingerprint density at radius 3 is 2.85 bits per heavy atom. The third kappa shape index (κ3) is 3.37. The maximum atomic E-state index is 12.3. The van der Waals surface area contributed by atoms with Crippen molar-refractivity contribution in [3.8, 4) is 0 Å². The first-order valence-electron chi connectivity index (χ1n) is 7.05. The number of nitrogens with zero attached hydrogens (tertiary/aromatic N) is 2. The highest BCUT2D eigenvalue weighted by atomic mass is 16.2. The van der Waals surface area contributed by atoms with Gasteiger partial charge in [-0.05, 0) is 12.3 Å². The van der Waals surface area contributed by atoms with Crippen molar-refractivity contribution < 1.29 is 9.59 Å². The van der Waals surface area contributed by atoms with Crippen molar-refractivity contribution in [2.24, 2.45) is 5.92 Å². The minimum absolute atomic E-state index is 0.0614. The second kappa shape index (κ2) is 6.07. The minimum Gasteiger partial charge on any atom is -0.350 e. The fraction of sp³-hybridized carbons (Fsp3) is 0.643. The lowest BCUT2D eigenvalue weighted by Crippen LogP contribution is -2.53. The van der Waals surface area contributed by atoms with Gasteiger partial charge in [0.25, 0.3) is 0 Å². The number of fused-ring (bicyclic) bond motifs is 1. The molecule has 0 spiro atoms. The van der Waals surface area contributed by atoms with Gasteiger partial charge in [-0.1, -0.05) is 13.8 Å². The summed E-state index contributed by atoms with van der Waals surface area (Å²) in [7, 11) is 0. The molecule has 1 aliphatic heterocycles. The first-order valence-corrected chi connectivity index (χ1v) is 7.05. The lowest BCUT2D eigenvalue weighted by molar-refractivity contribution is -0.129. The molecule has 2 rings (SSSR count). The minimum atomic E-state index is -0.475. The van der Waals surface area contributed by atoms with Crippen LogP contribution >= 0.6 is 0 Å². The quantitative estimate of drug-likeness (QED) is 0.841. The molecule has 2 amide bonds. The standard InChI is InChI=1S/C14H22N4O2/c1-9(2)13(16-10(3)19)14(20)17-11-4-5-12-15-6-7-18(12)8-11/h6-7,9,11,13H,4-5,8H2,1-3H3,(H,16,19)(H,17,20)/t11-,13-/m0/s1. The highest BCUT2D eigenvalue weighted by Crippen LogP contribution is 2.13. The Morgan fingerprint density at radius 2 is 2.20 bits per heavy atom. The summed E-state index contributed by atoms with van der Waals surface area (Å²) in [6.07, 6.45) is 5.47. The molecule has 2 heterocycles. The molecule has 0 bridgehead atoms. The molecule has 2 atom stereocenters. The van der Waals surface area contributed by atoms with Crippen molar-refractivity contribution in [1.29, 1.82) is 0 Å². The Hall–Kier alpha value is -1.85. The molecule has 0 aromatic carbocycles. The molecule has 0 unspecified atom stereocenters. The SMILES string of the molecule is CC(=O)N[C@H](C(=O)N[C@H]1CCc2nccn2C1)C(C)C. The molecule has 0 saturated carbocycles. The number of nitrogens with one attached hydrogen (secondary N) is 2. The number of rotatable bonds is 4. The number of aromatic nitrogens is 2. The molecular formula is C14H22N4O2. The van der Waals surface area contributed by atoms with Crippen LogP contribution in [-0.4, -0.2) is 33.4 Å². The summed E-state index contributed by atoms with van der Waals surface area (Å²) in [5.41, 5.74) is 0. The van der Waals surface area contributed by atoms with E-state index in [9.17, 15) is 9.59 Å². The van der Waals surface area contributed by atoms with Gasteiger partial charge in [-0.15, -0.1) is 0 Å². The van der Waals surface area contributed by atoms with Crippen LogP contribution in [0.1, 0.15) is 33.0 Å². The van der Waals surface area contributed by atoms with Crippen LogP contribution in [0, 0.1) is 5.92 Å². The van der Waals surface area contributed by atoms with Crippen LogP contribution in [0.5, 0.6) is 0 Å². The van der Waals surface area contributed by atoms with E-state index in [-0.39, 0.29) is 23.8 Å². The Bertz CT molecular complexity index is 495. The average molecular weight is 278 g/mol. The topological polar surface area (TPSA) is 76.0 Å². The van der Waals surface area contributed by atoms with Crippen LogP contribution in [0.15, 0.2) is 12.4 Å². The predicted molar refractivity (Wildman–Crippen MR) is 74.9 cm³/mol. The molecule has 110 valence electrons. The summed E-state index contributed by atoms with van der Waals surface area (Å²) in [4.78, 5) is 27.7. The first-order chi connectivity index (χ1) is 9.47. The lowest BCUT2D eigenvalue weighted by Gasteiger charge is -2.28. The number of carbonyl (C=O) groups excluding carboxylic acids is 2.